The second-order valence-electron chi connectivity index (χ2n) is 5.83. The number of aromatic nitrogens is 3. The molecular weight excluding hydrogens is 329 g/mol. The molecule has 1 aromatic heterocycles. The van der Waals surface area contributed by atoms with Crippen LogP contribution in [-0.4, -0.2) is 52.1 Å². The van der Waals surface area contributed by atoms with E-state index in [9.17, 15) is 14.0 Å². The Morgan fingerprint density at radius 2 is 2.20 bits per heavy atom. The maximum atomic E-state index is 14.0. The fourth-order valence-corrected chi connectivity index (χ4v) is 2.73. The zero-order valence-electron chi connectivity index (χ0n) is 13.9. The summed E-state index contributed by atoms with van der Waals surface area (Å²) in [6, 6.07) is 4.37. The quantitative estimate of drug-likeness (QED) is 0.858. The van der Waals surface area contributed by atoms with Gasteiger partial charge in [-0.15, -0.1) is 5.10 Å². The SMILES string of the molecule is COC(=O)c1cn([C@H]2CCN(C(=O)Nc3cccc(C)c3F)C2)nn1. The van der Waals surface area contributed by atoms with Crippen LogP contribution in [0.4, 0.5) is 14.9 Å². The van der Waals surface area contributed by atoms with Crippen molar-refractivity contribution >= 4 is 17.7 Å². The van der Waals surface area contributed by atoms with Gasteiger partial charge in [-0.3, -0.25) is 0 Å². The van der Waals surface area contributed by atoms with E-state index in [1.165, 1.54) is 19.4 Å². The average Bonchev–Trinajstić information content (AvgIpc) is 3.27. The van der Waals surface area contributed by atoms with Gasteiger partial charge in [-0.2, -0.15) is 0 Å². The molecule has 25 heavy (non-hydrogen) atoms. The van der Waals surface area contributed by atoms with Crippen LogP contribution in [0, 0.1) is 12.7 Å². The first-order chi connectivity index (χ1) is 12.0. The highest BCUT2D eigenvalue weighted by Crippen LogP contribution is 2.23. The van der Waals surface area contributed by atoms with Gasteiger partial charge in [-0.25, -0.2) is 18.7 Å². The van der Waals surface area contributed by atoms with Crippen molar-refractivity contribution in [3.63, 3.8) is 0 Å². The molecule has 0 unspecified atom stereocenters. The van der Waals surface area contributed by atoms with Gasteiger partial charge in [0.05, 0.1) is 25.0 Å². The van der Waals surface area contributed by atoms with Gasteiger partial charge in [-0.05, 0) is 25.0 Å². The van der Waals surface area contributed by atoms with Crippen molar-refractivity contribution in [2.45, 2.75) is 19.4 Å². The molecule has 1 N–H and O–H groups in total. The Bertz CT molecular complexity index is 807. The maximum Gasteiger partial charge on any atom is 0.360 e. The predicted molar refractivity (Wildman–Crippen MR) is 86.7 cm³/mol. The summed E-state index contributed by atoms with van der Waals surface area (Å²) in [5.74, 6) is -1.00. The van der Waals surface area contributed by atoms with Gasteiger partial charge < -0.3 is 15.0 Å². The van der Waals surface area contributed by atoms with E-state index >= 15 is 0 Å². The molecule has 0 bridgehead atoms. The van der Waals surface area contributed by atoms with Crippen LogP contribution in [0.3, 0.4) is 0 Å². The van der Waals surface area contributed by atoms with Gasteiger partial charge in [0, 0.05) is 13.1 Å². The van der Waals surface area contributed by atoms with Crippen LogP contribution in [0.5, 0.6) is 0 Å². The number of halogens is 1. The lowest BCUT2D eigenvalue weighted by Gasteiger charge is -2.18. The molecule has 0 aliphatic carbocycles. The fraction of sp³-hybridized carbons (Fsp3) is 0.375. The summed E-state index contributed by atoms with van der Waals surface area (Å²) in [5.41, 5.74) is 0.740. The number of esters is 1. The van der Waals surface area contributed by atoms with Crippen molar-refractivity contribution in [1.29, 1.82) is 0 Å². The molecular formula is C16H18FN5O3. The Morgan fingerprint density at radius 1 is 1.40 bits per heavy atom. The van der Waals surface area contributed by atoms with Gasteiger partial charge in [0.15, 0.2) is 5.69 Å². The van der Waals surface area contributed by atoms with Crippen LogP contribution < -0.4 is 5.32 Å². The fourth-order valence-electron chi connectivity index (χ4n) is 2.73. The molecule has 1 fully saturated rings. The molecule has 1 aliphatic rings. The lowest BCUT2D eigenvalue weighted by Crippen LogP contribution is -2.33. The normalized spacial score (nSPS) is 16.8. The summed E-state index contributed by atoms with van der Waals surface area (Å²) < 4.78 is 20.1. The third-order valence-electron chi connectivity index (χ3n) is 4.16. The van der Waals surface area contributed by atoms with E-state index in [4.69, 9.17) is 0 Å². The molecule has 2 aromatic rings. The number of methoxy groups -OCH3 is 1. The number of aryl methyl sites for hydroxylation is 1. The standard InChI is InChI=1S/C16H18FN5O3/c1-10-4-3-5-12(14(10)17)18-16(24)21-7-6-11(8-21)22-9-13(19-20-22)15(23)25-2/h3-5,9,11H,6-8H2,1-2H3,(H,18,24)/t11-/m0/s1. The number of rotatable bonds is 3. The Balaban J connectivity index is 1.64. The molecule has 1 saturated heterocycles. The Morgan fingerprint density at radius 3 is 2.96 bits per heavy atom. The maximum absolute atomic E-state index is 14.0. The molecule has 3 rings (SSSR count). The van der Waals surface area contributed by atoms with E-state index in [0.717, 1.165) is 0 Å². The average molecular weight is 347 g/mol. The Kier molecular flexibility index (Phi) is 4.64. The summed E-state index contributed by atoms with van der Waals surface area (Å²) in [4.78, 5) is 25.3. The summed E-state index contributed by atoms with van der Waals surface area (Å²) in [7, 11) is 1.27. The van der Waals surface area contributed by atoms with Crippen LogP contribution >= 0.6 is 0 Å². The predicted octanol–water partition coefficient (Wildman–Crippen LogP) is 1.99. The molecule has 2 heterocycles. The molecule has 0 spiro atoms. The van der Waals surface area contributed by atoms with Gasteiger partial charge >= 0.3 is 12.0 Å². The number of anilines is 1. The topological polar surface area (TPSA) is 89.4 Å². The number of likely N-dealkylation sites (tertiary alicyclic amines) is 1. The zero-order valence-corrected chi connectivity index (χ0v) is 13.9. The molecule has 1 atom stereocenters. The van der Waals surface area contributed by atoms with Crippen molar-refractivity contribution < 1.29 is 18.7 Å². The van der Waals surface area contributed by atoms with Gasteiger partial charge in [0.25, 0.3) is 0 Å². The summed E-state index contributed by atoms with van der Waals surface area (Å²) in [6.07, 6.45) is 2.16. The van der Waals surface area contributed by atoms with Crippen LogP contribution in [0.15, 0.2) is 24.4 Å². The number of hydrogen-bond donors (Lipinski definition) is 1. The first kappa shape index (κ1) is 16.9. The number of urea groups is 1. The molecule has 2 amide bonds. The third kappa shape index (κ3) is 3.44. The minimum Gasteiger partial charge on any atom is -0.464 e. The Hall–Kier alpha value is -2.97. The minimum absolute atomic E-state index is 0.0981. The van der Waals surface area contributed by atoms with Crippen molar-refractivity contribution in [1.82, 2.24) is 19.9 Å². The Labute approximate surface area is 143 Å². The van der Waals surface area contributed by atoms with Crippen molar-refractivity contribution in [3.05, 3.63) is 41.5 Å². The van der Waals surface area contributed by atoms with E-state index in [-0.39, 0.29) is 23.5 Å². The summed E-state index contributed by atoms with van der Waals surface area (Å²) in [5, 5.41) is 10.3. The number of nitrogens with one attached hydrogen (secondary N) is 1. The first-order valence-corrected chi connectivity index (χ1v) is 7.80. The lowest BCUT2D eigenvalue weighted by atomic mass is 10.2. The lowest BCUT2D eigenvalue weighted by molar-refractivity contribution is 0.0594. The van der Waals surface area contributed by atoms with Crippen molar-refractivity contribution in [2.24, 2.45) is 0 Å². The zero-order chi connectivity index (χ0) is 18.0. The number of benzene rings is 1. The van der Waals surface area contributed by atoms with Crippen LogP contribution in [0.1, 0.15) is 28.5 Å². The number of amides is 2. The summed E-state index contributed by atoms with van der Waals surface area (Å²) in [6.45, 7) is 2.53. The van der Waals surface area contributed by atoms with E-state index in [0.29, 0.717) is 25.1 Å². The molecule has 0 radical (unpaired) electrons. The van der Waals surface area contributed by atoms with Gasteiger partial charge in [0.1, 0.15) is 5.82 Å². The van der Waals surface area contributed by atoms with Crippen LogP contribution in [0.25, 0.3) is 0 Å². The number of nitrogens with zero attached hydrogens (tertiary/aromatic N) is 4. The van der Waals surface area contributed by atoms with E-state index in [2.05, 4.69) is 20.4 Å². The number of carbonyl (C=O) groups is 2. The van der Waals surface area contributed by atoms with Crippen molar-refractivity contribution in [2.75, 3.05) is 25.5 Å². The third-order valence-corrected chi connectivity index (χ3v) is 4.16. The minimum atomic E-state index is -0.561. The van der Waals surface area contributed by atoms with E-state index in [1.54, 1.807) is 28.6 Å². The monoisotopic (exact) mass is 347 g/mol. The number of ether oxygens (including phenoxy) is 1. The van der Waals surface area contributed by atoms with Gasteiger partial charge in [0.2, 0.25) is 0 Å². The van der Waals surface area contributed by atoms with Crippen molar-refractivity contribution in [3.8, 4) is 0 Å². The summed E-state index contributed by atoms with van der Waals surface area (Å²) >= 11 is 0. The van der Waals surface area contributed by atoms with Crippen LogP contribution in [-0.2, 0) is 4.74 Å². The molecule has 1 aliphatic heterocycles. The molecule has 8 nitrogen and oxygen atoms in total. The molecule has 0 saturated carbocycles. The number of carbonyl (C=O) groups excluding carboxylic acids is 2. The number of hydrogen-bond acceptors (Lipinski definition) is 5. The highest BCUT2D eigenvalue weighted by molar-refractivity contribution is 5.89. The van der Waals surface area contributed by atoms with Crippen LogP contribution in [0.2, 0.25) is 0 Å². The van der Waals surface area contributed by atoms with E-state index < -0.39 is 11.8 Å². The van der Waals surface area contributed by atoms with Gasteiger partial charge in [-0.1, -0.05) is 17.3 Å². The smallest absolute Gasteiger partial charge is 0.360 e. The highest BCUT2D eigenvalue weighted by Gasteiger charge is 2.29. The second-order valence-corrected chi connectivity index (χ2v) is 5.83. The van der Waals surface area contributed by atoms with E-state index in [1.807, 2.05) is 0 Å². The first-order valence-electron chi connectivity index (χ1n) is 7.80. The highest BCUT2D eigenvalue weighted by atomic mass is 19.1. The molecule has 1 aromatic carbocycles. The largest absolute Gasteiger partial charge is 0.464 e. The second kappa shape index (κ2) is 6.88. The molecule has 132 valence electrons. The molecule has 9 heteroatoms.